The second-order valence-electron chi connectivity index (χ2n) is 28.6. The van der Waals surface area contributed by atoms with E-state index >= 15 is 0 Å². The van der Waals surface area contributed by atoms with Crippen LogP contribution in [0.4, 0.5) is 0 Å². The van der Waals surface area contributed by atoms with E-state index in [2.05, 4.69) is 48.5 Å². The molecule has 0 aromatic heterocycles. The minimum absolute atomic E-state index is 0.107. The fourth-order valence-electron chi connectivity index (χ4n) is 11.6. The maximum absolute atomic E-state index is 13.1. The molecule has 3 N–H and O–H groups in total. The number of aliphatic hydroxyl groups is 1. The Morgan fingerprint density at radius 3 is 0.800 bits per heavy atom. The minimum Gasteiger partial charge on any atom is -0.462 e. The van der Waals surface area contributed by atoms with Crippen molar-refractivity contribution in [3.63, 3.8) is 0 Å². The van der Waals surface area contributed by atoms with Gasteiger partial charge in [-0.2, -0.15) is 0 Å². The van der Waals surface area contributed by atoms with Crippen molar-refractivity contribution < 1.29 is 80.2 Å². The summed E-state index contributed by atoms with van der Waals surface area (Å²) in [5.41, 5.74) is 0. The van der Waals surface area contributed by atoms with E-state index in [1.807, 2.05) is 0 Å². The maximum Gasteiger partial charge on any atom is 0.472 e. The normalized spacial score (nSPS) is 14.4. The fourth-order valence-corrected chi connectivity index (χ4v) is 13.1. The summed E-state index contributed by atoms with van der Waals surface area (Å²) in [6.07, 6.45) is 52.5. The number of phosphoric acid groups is 2. The van der Waals surface area contributed by atoms with E-state index < -0.39 is 97.5 Å². The first kappa shape index (κ1) is 93.1. The molecule has 0 fully saturated rings. The molecule has 0 aliphatic rings. The molecule has 0 heterocycles. The van der Waals surface area contributed by atoms with E-state index in [1.54, 1.807) is 0 Å². The van der Waals surface area contributed by atoms with Gasteiger partial charge in [0.2, 0.25) is 0 Å². The highest BCUT2D eigenvalue weighted by Gasteiger charge is 2.30. The molecule has 0 aliphatic heterocycles. The summed E-state index contributed by atoms with van der Waals surface area (Å²) in [5, 5.41) is 10.6. The van der Waals surface area contributed by atoms with Crippen LogP contribution in [0.1, 0.15) is 389 Å². The number of unbranched alkanes of at least 4 members (excludes halogenated alkanes) is 41. The monoisotopic (exact) mass is 1400 g/mol. The summed E-state index contributed by atoms with van der Waals surface area (Å²) < 4.78 is 68.6. The lowest BCUT2D eigenvalue weighted by Crippen LogP contribution is -2.30. The van der Waals surface area contributed by atoms with Gasteiger partial charge in [-0.25, -0.2) is 9.13 Å². The van der Waals surface area contributed by atoms with Gasteiger partial charge < -0.3 is 33.8 Å². The van der Waals surface area contributed by atoms with Gasteiger partial charge in [-0.1, -0.05) is 337 Å². The van der Waals surface area contributed by atoms with Gasteiger partial charge in [0.05, 0.1) is 26.4 Å². The summed E-state index contributed by atoms with van der Waals surface area (Å²) in [6.45, 7) is 11.9. The van der Waals surface area contributed by atoms with Gasteiger partial charge in [-0.3, -0.25) is 37.3 Å². The number of hydrogen-bond acceptors (Lipinski definition) is 15. The van der Waals surface area contributed by atoms with E-state index in [-0.39, 0.29) is 25.7 Å². The van der Waals surface area contributed by atoms with Crippen LogP contribution in [-0.2, 0) is 65.4 Å². The Morgan fingerprint density at radius 2 is 0.537 bits per heavy atom. The Morgan fingerprint density at radius 1 is 0.305 bits per heavy atom. The summed E-state index contributed by atoms with van der Waals surface area (Å²) >= 11 is 0. The lowest BCUT2D eigenvalue weighted by atomic mass is 9.99. The number of ether oxygens (including phenoxy) is 4. The summed E-state index contributed by atoms with van der Waals surface area (Å²) in [4.78, 5) is 72.9. The van der Waals surface area contributed by atoms with Crippen molar-refractivity contribution in [3.05, 3.63) is 0 Å². The molecule has 0 aliphatic carbocycles. The molecule has 3 unspecified atom stereocenters. The van der Waals surface area contributed by atoms with Gasteiger partial charge in [-0.05, 0) is 43.4 Å². The Labute approximate surface area is 581 Å². The first-order valence-electron chi connectivity index (χ1n) is 39.4. The predicted octanol–water partition coefficient (Wildman–Crippen LogP) is 22.2. The zero-order valence-corrected chi connectivity index (χ0v) is 63.9. The van der Waals surface area contributed by atoms with Crippen molar-refractivity contribution in [1.82, 2.24) is 0 Å². The van der Waals surface area contributed by atoms with Gasteiger partial charge >= 0.3 is 39.5 Å². The highest BCUT2D eigenvalue weighted by Crippen LogP contribution is 2.45. The molecule has 0 bridgehead atoms. The van der Waals surface area contributed by atoms with Gasteiger partial charge in [-0.15, -0.1) is 0 Å². The first-order valence-corrected chi connectivity index (χ1v) is 42.4. The number of carbonyl (C=O) groups excluding carboxylic acids is 4. The van der Waals surface area contributed by atoms with Crippen LogP contribution in [0.2, 0.25) is 0 Å². The maximum atomic E-state index is 13.1. The van der Waals surface area contributed by atoms with Crippen LogP contribution in [0, 0.1) is 17.8 Å². The van der Waals surface area contributed by atoms with Crippen LogP contribution in [-0.4, -0.2) is 96.7 Å². The number of aliphatic hydroxyl groups excluding tert-OH is 1. The molecule has 0 saturated carbocycles. The second-order valence-corrected chi connectivity index (χ2v) is 31.5. The van der Waals surface area contributed by atoms with E-state index in [1.165, 1.54) is 199 Å². The van der Waals surface area contributed by atoms with E-state index in [0.717, 1.165) is 108 Å². The number of rotatable bonds is 74. The Kier molecular flexibility index (Phi) is 65.2. The third-order valence-corrected chi connectivity index (χ3v) is 19.9. The van der Waals surface area contributed by atoms with E-state index in [4.69, 9.17) is 37.0 Å². The van der Waals surface area contributed by atoms with Crippen molar-refractivity contribution >= 4 is 39.5 Å². The quantitative estimate of drug-likeness (QED) is 0.0222. The third kappa shape index (κ3) is 69.0. The van der Waals surface area contributed by atoms with Crippen molar-refractivity contribution in [2.24, 2.45) is 17.8 Å². The summed E-state index contributed by atoms with van der Waals surface area (Å²) in [5.74, 6) is 0.209. The molecular formula is C76H148O17P2. The number of carbonyl (C=O) groups is 4. The predicted molar refractivity (Wildman–Crippen MR) is 386 cm³/mol. The van der Waals surface area contributed by atoms with Crippen LogP contribution in [0.5, 0.6) is 0 Å². The molecule has 0 aromatic rings. The molecule has 0 rings (SSSR count). The van der Waals surface area contributed by atoms with Crippen LogP contribution in [0.15, 0.2) is 0 Å². The molecule has 6 atom stereocenters. The molecule has 0 amide bonds. The summed E-state index contributed by atoms with van der Waals surface area (Å²) in [6, 6.07) is 0. The summed E-state index contributed by atoms with van der Waals surface area (Å²) in [7, 11) is -9.91. The van der Waals surface area contributed by atoms with Crippen LogP contribution in [0.25, 0.3) is 0 Å². The standard InChI is InChI=1S/C76H148O17P2/c1-8-10-11-12-13-14-15-16-17-23-29-38-45-52-59-75(80)93-72(64-87-74(79)58-51-44-37-32-31-35-42-49-56-69(7)9-2)66-91-95(84,85)89-62-70(77)61-88-94(82,83)90-65-71(63-86-73(78)57-50-43-36-28-25-20-22-27-34-41-48-55-68(5)6)92-76(81)60-53-46-39-30-24-19-18-21-26-33-40-47-54-67(3)4/h67-72,77H,8-66H2,1-7H3,(H,82,83)(H,84,85)/t69?,70-,71-,72-/m1/s1. The Hall–Kier alpha value is -1.94. The van der Waals surface area contributed by atoms with Crippen LogP contribution in [0.3, 0.4) is 0 Å². The average molecular weight is 1400 g/mol. The molecule has 19 heteroatoms. The molecule has 0 spiro atoms. The van der Waals surface area contributed by atoms with Crippen LogP contribution >= 0.6 is 15.6 Å². The van der Waals surface area contributed by atoms with Gasteiger partial charge in [0.25, 0.3) is 0 Å². The molecule has 0 saturated heterocycles. The molecule has 0 aromatic carbocycles. The molecule has 95 heavy (non-hydrogen) atoms. The van der Waals surface area contributed by atoms with E-state index in [9.17, 15) is 43.2 Å². The van der Waals surface area contributed by atoms with E-state index in [0.29, 0.717) is 25.7 Å². The third-order valence-electron chi connectivity index (χ3n) is 18.0. The first-order chi connectivity index (χ1) is 45.8. The zero-order chi connectivity index (χ0) is 70.1. The molecule has 564 valence electrons. The fraction of sp³-hybridized carbons (Fsp3) is 0.947. The number of hydrogen-bond donors (Lipinski definition) is 3. The second kappa shape index (κ2) is 66.6. The minimum atomic E-state index is -4.96. The Bertz CT molecular complexity index is 1850. The largest absolute Gasteiger partial charge is 0.472 e. The van der Waals surface area contributed by atoms with Gasteiger partial charge in [0.1, 0.15) is 19.3 Å². The highest BCUT2D eigenvalue weighted by atomic mass is 31.2. The average Bonchev–Trinajstić information content (AvgIpc) is 2.24. The zero-order valence-electron chi connectivity index (χ0n) is 62.1. The molecule has 17 nitrogen and oxygen atoms in total. The highest BCUT2D eigenvalue weighted by molar-refractivity contribution is 7.47. The smallest absolute Gasteiger partial charge is 0.462 e. The van der Waals surface area contributed by atoms with Crippen LogP contribution < -0.4 is 0 Å². The lowest BCUT2D eigenvalue weighted by Gasteiger charge is -2.21. The molecule has 0 radical (unpaired) electrons. The van der Waals surface area contributed by atoms with Crippen molar-refractivity contribution in [1.29, 1.82) is 0 Å². The van der Waals surface area contributed by atoms with Gasteiger partial charge in [0, 0.05) is 25.7 Å². The van der Waals surface area contributed by atoms with Crippen molar-refractivity contribution in [2.45, 2.75) is 407 Å². The Balaban J connectivity index is 5.28. The van der Waals surface area contributed by atoms with Crippen molar-refractivity contribution in [2.75, 3.05) is 39.6 Å². The van der Waals surface area contributed by atoms with Gasteiger partial charge in [0.15, 0.2) is 12.2 Å². The SMILES string of the molecule is CCCCCCCCCCCCCCCCC(=O)O[C@H](COC(=O)CCCCCCCCCCC(C)CC)COP(=O)(O)OC[C@H](O)COP(=O)(O)OC[C@@H](COC(=O)CCCCCCCCCCCCCC(C)C)OC(=O)CCCCCCCCCCCCCCC(C)C. The number of phosphoric ester groups is 2. The topological polar surface area (TPSA) is 237 Å². The lowest BCUT2D eigenvalue weighted by molar-refractivity contribution is -0.161. The molecular weight excluding hydrogens is 1250 g/mol. The van der Waals surface area contributed by atoms with Crippen molar-refractivity contribution in [3.8, 4) is 0 Å². The number of esters is 4.